The van der Waals surface area contributed by atoms with Crippen molar-refractivity contribution in [2.24, 2.45) is 4.99 Å². The van der Waals surface area contributed by atoms with E-state index in [0.717, 1.165) is 17.2 Å². The maximum absolute atomic E-state index is 5.32. The van der Waals surface area contributed by atoms with E-state index in [9.17, 15) is 0 Å². The van der Waals surface area contributed by atoms with Crippen LogP contribution in [0, 0.1) is 0 Å². The number of hydrogen-bond donors (Lipinski definition) is 0. The second-order valence-corrected chi connectivity index (χ2v) is 2.46. The zero-order valence-electron chi connectivity index (χ0n) is 6.78. The van der Waals surface area contributed by atoms with Crippen molar-refractivity contribution in [1.29, 1.82) is 0 Å². The molecular weight excluding hydrogens is 154 g/mol. The minimum absolute atomic E-state index is 0.555. The van der Waals surface area contributed by atoms with Gasteiger partial charge in [-0.1, -0.05) is 0 Å². The van der Waals surface area contributed by atoms with Gasteiger partial charge < -0.3 is 9.47 Å². The second-order valence-electron chi connectivity index (χ2n) is 2.46. The molecule has 0 unspecified atom stereocenters. The molecule has 1 aromatic carbocycles. The van der Waals surface area contributed by atoms with Gasteiger partial charge in [-0.3, -0.25) is 4.99 Å². The van der Waals surface area contributed by atoms with Gasteiger partial charge >= 0.3 is 0 Å². The van der Waals surface area contributed by atoms with E-state index in [1.807, 2.05) is 18.2 Å². The number of nitrogens with zero attached hydrogens (tertiary/aromatic N) is 1. The van der Waals surface area contributed by atoms with Gasteiger partial charge in [0.05, 0.1) is 7.11 Å². The van der Waals surface area contributed by atoms with Crippen LogP contribution in [0.5, 0.6) is 11.5 Å². The number of aliphatic imine (C=N–C) groups is 1. The molecule has 0 aliphatic carbocycles. The molecule has 1 aliphatic heterocycles. The fourth-order valence-corrected chi connectivity index (χ4v) is 1.11. The van der Waals surface area contributed by atoms with E-state index in [0.29, 0.717) is 6.61 Å². The van der Waals surface area contributed by atoms with E-state index < -0.39 is 0 Å². The molecule has 1 aromatic rings. The summed E-state index contributed by atoms with van der Waals surface area (Å²) in [7, 11) is 1.63. The normalized spacial score (nSPS) is 13.4. The number of rotatable bonds is 1. The molecule has 0 spiro atoms. The fourth-order valence-electron chi connectivity index (χ4n) is 1.11. The largest absolute Gasteiger partial charge is 0.497 e. The lowest BCUT2D eigenvalue weighted by Crippen LogP contribution is -2.02. The second kappa shape index (κ2) is 2.85. The minimum atomic E-state index is 0.555. The summed E-state index contributed by atoms with van der Waals surface area (Å²) in [4.78, 5) is 4.17. The Morgan fingerprint density at radius 1 is 1.50 bits per heavy atom. The molecule has 0 aromatic heterocycles. The first kappa shape index (κ1) is 7.16. The Bertz CT molecular complexity index is 320. The van der Waals surface area contributed by atoms with Gasteiger partial charge in [-0.05, 0) is 12.1 Å². The number of ether oxygens (including phenoxy) is 2. The lowest BCUT2D eigenvalue weighted by Gasteiger charge is -2.11. The summed E-state index contributed by atoms with van der Waals surface area (Å²) < 4.78 is 10.4. The molecule has 12 heavy (non-hydrogen) atoms. The lowest BCUT2D eigenvalue weighted by atomic mass is 10.2. The van der Waals surface area contributed by atoms with Crippen molar-refractivity contribution >= 4 is 11.9 Å². The van der Waals surface area contributed by atoms with E-state index >= 15 is 0 Å². The third-order valence-electron chi connectivity index (χ3n) is 1.71. The van der Waals surface area contributed by atoms with Crippen molar-refractivity contribution in [1.82, 2.24) is 0 Å². The highest BCUT2D eigenvalue weighted by Gasteiger charge is 2.06. The van der Waals surface area contributed by atoms with E-state index in [4.69, 9.17) is 9.47 Å². The SMILES string of the molecule is COc1ccc2c(c1)N=CCO2. The summed E-state index contributed by atoms with van der Waals surface area (Å²) in [6.45, 7) is 0.555. The van der Waals surface area contributed by atoms with Crippen LogP contribution in [0.3, 0.4) is 0 Å². The van der Waals surface area contributed by atoms with Gasteiger partial charge in [0.2, 0.25) is 0 Å². The molecule has 0 saturated carbocycles. The molecule has 0 saturated heterocycles. The number of hydrogen-bond acceptors (Lipinski definition) is 3. The molecule has 2 rings (SSSR count). The Labute approximate surface area is 70.6 Å². The van der Waals surface area contributed by atoms with E-state index in [2.05, 4.69) is 4.99 Å². The summed E-state index contributed by atoms with van der Waals surface area (Å²) in [5.41, 5.74) is 0.834. The van der Waals surface area contributed by atoms with Crippen LogP contribution in [0.1, 0.15) is 0 Å². The van der Waals surface area contributed by atoms with Gasteiger partial charge in [0, 0.05) is 12.3 Å². The number of fused-ring (bicyclic) bond motifs is 1. The van der Waals surface area contributed by atoms with Crippen molar-refractivity contribution in [3.05, 3.63) is 18.2 Å². The molecule has 0 fully saturated rings. The first-order valence-corrected chi connectivity index (χ1v) is 3.73. The summed E-state index contributed by atoms with van der Waals surface area (Å²) >= 11 is 0. The Kier molecular flexibility index (Phi) is 1.70. The van der Waals surface area contributed by atoms with Gasteiger partial charge in [-0.25, -0.2) is 0 Å². The first-order valence-electron chi connectivity index (χ1n) is 3.73. The predicted molar refractivity (Wildman–Crippen MR) is 46.6 cm³/mol. The van der Waals surface area contributed by atoms with Crippen LogP contribution in [0.2, 0.25) is 0 Å². The van der Waals surface area contributed by atoms with Crippen LogP contribution < -0.4 is 9.47 Å². The quantitative estimate of drug-likeness (QED) is 0.632. The van der Waals surface area contributed by atoms with Crippen molar-refractivity contribution in [3.8, 4) is 11.5 Å². The molecule has 0 N–H and O–H groups in total. The van der Waals surface area contributed by atoms with Gasteiger partial charge in [0.1, 0.15) is 23.8 Å². The number of methoxy groups -OCH3 is 1. The Morgan fingerprint density at radius 2 is 2.42 bits per heavy atom. The van der Waals surface area contributed by atoms with Gasteiger partial charge in [0.25, 0.3) is 0 Å². The van der Waals surface area contributed by atoms with Crippen molar-refractivity contribution in [2.75, 3.05) is 13.7 Å². The smallest absolute Gasteiger partial charge is 0.145 e. The molecule has 0 atom stereocenters. The van der Waals surface area contributed by atoms with Gasteiger partial charge in [-0.2, -0.15) is 0 Å². The molecule has 1 heterocycles. The Hall–Kier alpha value is -1.51. The van der Waals surface area contributed by atoms with Crippen LogP contribution in [0.25, 0.3) is 0 Å². The third kappa shape index (κ3) is 1.13. The minimum Gasteiger partial charge on any atom is -0.497 e. The molecule has 62 valence electrons. The van der Waals surface area contributed by atoms with E-state index in [-0.39, 0.29) is 0 Å². The molecule has 1 aliphatic rings. The fraction of sp³-hybridized carbons (Fsp3) is 0.222. The lowest BCUT2D eigenvalue weighted by molar-refractivity contribution is 0.374. The zero-order valence-corrected chi connectivity index (χ0v) is 6.78. The average molecular weight is 163 g/mol. The summed E-state index contributed by atoms with van der Waals surface area (Å²) in [6.07, 6.45) is 1.74. The Morgan fingerprint density at radius 3 is 3.25 bits per heavy atom. The van der Waals surface area contributed by atoms with Crippen molar-refractivity contribution in [2.45, 2.75) is 0 Å². The molecule has 0 bridgehead atoms. The summed E-state index contributed by atoms with van der Waals surface area (Å²) in [6, 6.07) is 5.58. The molecular formula is C9H9NO2. The monoisotopic (exact) mass is 163 g/mol. The maximum Gasteiger partial charge on any atom is 0.145 e. The van der Waals surface area contributed by atoms with Crippen molar-refractivity contribution in [3.63, 3.8) is 0 Å². The topological polar surface area (TPSA) is 30.8 Å². The van der Waals surface area contributed by atoms with E-state index in [1.54, 1.807) is 13.3 Å². The standard InChI is InChI=1S/C9H9NO2/c1-11-7-2-3-9-8(6-7)10-4-5-12-9/h2-4,6H,5H2,1H3. The third-order valence-corrected chi connectivity index (χ3v) is 1.71. The molecule has 0 radical (unpaired) electrons. The number of benzene rings is 1. The Balaban J connectivity index is 2.44. The van der Waals surface area contributed by atoms with Crippen LogP contribution in [0.4, 0.5) is 5.69 Å². The molecule has 3 heteroatoms. The maximum atomic E-state index is 5.32. The molecule has 3 nitrogen and oxygen atoms in total. The highest BCUT2D eigenvalue weighted by Crippen LogP contribution is 2.32. The molecule has 0 amide bonds. The van der Waals surface area contributed by atoms with Gasteiger partial charge in [-0.15, -0.1) is 0 Å². The van der Waals surface area contributed by atoms with Crippen molar-refractivity contribution < 1.29 is 9.47 Å². The highest BCUT2D eigenvalue weighted by atomic mass is 16.5. The van der Waals surface area contributed by atoms with Crippen LogP contribution in [-0.2, 0) is 0 Å². The average Bonchev–Trinajstić information content (AvgIpc) is 2.17. The predicted octanol–water partition coefficient (Wildman–Crippen LogP) is 1.79. The summed E-state index contributed by atoms with van der Waals surface area (Å²) in [5.74, 6) is 1.62. The van der Waals surface area contributed by atoms with Crippen LogP contribution in [0.15, 0.2) is 23.2 Å². The van der Waals surface area contributed by atoms with Crippen LogP contribution >= 0.6 is 0 Å². The van der Waals surface area contributed by atoms with Gasteiger partial charge in [0.15, 0.2) is 0 Å². The first-order chi connectivity index (χ1) is 5.90. The zero-order chi connectivity index (χ0) is 8.39. The van der Waals surface area contributed by atoms with Crippen LogP contribution in [-0.4, -0.2) is 19.9 Å². The highest BCUT2D eigenvalue weighted by molar-refractivity contribution is 5.71. The van der Waals surface area contributed by atoms with E-state index in [1.165, 1.54) is 0 Å². The summed E-state index contributed by atoms with van der Waals surface area (Å²) in [5, 5.41) is 0.